The number of aromatic nitrogens is 1. The summed E-state index contributed by atoms with van der Waals surface area (Å²) in [5.74, 6) is 1.48. The third kappa shape index (κ3) is 4.32. The molecule has 0 radical (unpaired) electrons. The second kappa shape index (κ2) is 9.35. The minimum absolute atomic E-state index is 0.0581. The standard InChI is InChI=1S/C23H25BrN2O3S/c1-3-28-19-12-15(16(24)14-20(19)29-4-2)13-22(27)26-11-7-9-18(26)23-25-17-8-5-6-10-21(17)30-23/h5-6,8,10,12,14,18H,3-4,7,9,11,13H2,1-2H3. The minimum Gasteiger partial charge on any atom is -0.490 e. The van der Waals surface area contributed by atoms with Crippen LogP contribution >= 0.6 is 27.3 Å². The predicted octanol–water partition coefficient (Wildman–Crippen LogP) is 5.76. The maximum atomic E-state index is 13.3. The first-order valence-corrected chi connectivity index (χ1v) is 11.9. The molecule has 5 nitrogen and oxygen atoms in total. The van der Waals surface area contributed by atoms with Crippen LogP contribution in [0, 0.1) is 0 Å². The molecule has 4 rings (SSSR count). The van der Waals surface area contributed by atoms with Crippen LogP contribution in [0.15, 0.2) is 40.9 Å². The van der Waals surface area contributed by atoms with Crippen molar-refractivity contribution in [3.63, 3.8) is 0 Å². The van der Waals surface area contributed by atoms with Crippen LogP contribution in [0.2, 0.25) is 0 Å². The van der Waals surface area contributed by atoms with E-state index in [9.17, 15) is 4.79 Å². The van der Waals surface area contributed by atoms with Crippen LogP contribution in [0.4, 0.5) is 0 Å². The summed E-state index contributed by atoms with van der Waals surface area (Å²) in [6, 6.07) is 12.0. The minimum atomic E-state index is 0.0581. The Bertz CT molecular complexity index is 1020. The summed E-state index contributed by atoms with van der Waals surface area (Å²) in [5.41, 5.74) is 1.91. The number of halogens is 1. The normalized spacial score (nSPS) is 16.2. The fraction of sp³-hybridized carbons (Fsp3) is 0.391. The number of amides is 1. The van der Waals surface area contributed by atoms with E-state index in [1.54, 1.807) is 11.3 Å². The van der Waals surface area contributed by atoms with E-state index in [1.165, 1.54) is 4.70 Å². The third-order valence-electron chi connectivity index (χ3n) is 5.22. The number of rotatable bonds is 7. The molecule has 1 fully saturated rings. The Morgan fingerprint density at radius 3 is 2.67 bits per heavy atom. The molecule has 2 heterocycles. The van der Waals surface area contributed by atoms with Crippen LogP contribution in [0.5, 0.6) is 11.5 Å². The Balaban J connectivity index is 1.56. The van der Waals surface area contributed by atoms with Gasteiger partial charge in [0.25, 0.3) is 0 Å². The number of fused-ring (bicyclic) bond motifs is 1. The summed E-state index contributed by atoms with van der Waals surface area (Å²) < 4.78 is 13.4. The molecule has 0 saturated carbocycles. The van der Waals surface area contributed by atoms with E-state index < -0.39 is 0 Å². The van der Waals surface area contributed by atoms with Crippen LogP contribution in [0.25, 0.3) is 10.2 Å². The number of thiazole rings is 1. The first-order valence-electron chi connectivity index (χ1n) is 10.3. The lowest BCUT2D eigenvalue weighted by molar-refractivity contribution is -0.131. The van der Waals surface area contributed by atoms with Gasteiger partial charge in [-0.15, -0.1) is 11.3 Å². The molecular formula is C23H25BrN2O3S. The molecule has 1 atom stereocenters. The highest BCUT2D eigenvalue weighted by molar-refractivity contribution is 9.10. The Kier molecular flexibility index (Phi) is 6.58. The zero-order valence-electron chi connectivity index (χ0n) is 17.2. The van der Waals surface area contributed by atoms with E-state index in [0.29, 0.717) is 31.1 Å². The van der Waals surface area contributed by atoms with Crippen molar-refractivity contribution in [2.75, 3.05) is 19.8 Å². The number of carbonyl (C=O) groups is 1. The van der Waals surface area contributed by atoms with E-state index in [1.807, 2.05) is 49.1 Å². The monoisotopic (exact) mass is 488 g/mol. The molecule has 0 spiro atoms. The van der Waals surface area contributed by atoms with Crippen molar-refractivity contribution >= 4 is 43.4 Å². The van der Waals surface area contributed by atoms with E-state index in [2.05, 4.69) is 22.0 Å². The average molecular weight is 489 g/mol. The molecule has 1 aromatic heterocycles. The summed E-state index contributed by atoms with van der Waals surface area (Å²) in [6.07, 6.45) is 2.27. The maximum absolute atomic E-state index is 13.3. The van der Waals surface area contributed by atoms with Gasteiger partial charge < -0.3 is 14.4 Å². The summed E-state index contributed by atoms with van der Waals surface area (Å²) in [5, 5.41) is 1.03. The number of nitrogens with zero attached hydrogens (tertiary/aromatic N) is 2. The van der Waals surface area contributed by atoms with Gasteiger partial charge in [-0.3, -0.25) is 4.79 Å². The van der Waals surface area contributed by atoms with Crippen molar-refractivity contribution in [1.82, 2.24) is 9.88 Å². The predicted molar refractivity (Wildman–Crippen MR) is 123 cm³/mol. The number of hydrogen-bond donors (Lipinski definition) is 0. The van der Waals surface area contributed by atoms with Gasteiger partial charge in [-0.1, -0.05) is 28.1 Å². The third-order valence-corrected chi connectivity index (χ3v) is 7.10. The Morgan fingerprint density at radius 2 is 1.93 bits per heavy atom. The largest absolute Gasteiger partial charge is 0.490 e. The fourth-order valence-electron chi connectivity index (χ4n) is 3.87. The average Bonchev–Trinajstić information content (AvgIpc) is 3.38. The van der Waals surface area contributed by atoms with Crippen LogP contribution < -0.4 is 9.47 Å². The smallest absolute Gasteiger partial charge is 0.227 e. The lowest BCUT2D eigenvalue weighted by Gasteiger charge is -2.23. The molecule has 158 valence electrons. The number of hydrogen-bond acceptors (Lipinski definition) is 5. The topological polar surface area (TPSA) is 51.7 Å². The summed E-state index contributed by atoms with van der Waals surface area (Å²) >= 11 is 5.30. The number of para-hydroxylation sites is 1. The Morgan fingerprint density at radius 1 is 1.20 bits per heavy atom. The summed E-state index contributed by atoms with van der Waals surface area (Å²) in [7, 11) is 0. The van der Waals surface area contributed by atoms with Crippen molar-refractivity contribution in [2.24, 2.45) is 0 Å². The fourth-order valence-corrected chi connectivity index (χ4v) is 5.45. The molecule has 1 amide bonds. The van der Waals surface area contributed by atoms with Crippen molar-refractivity contribution in [1.29, 1.82) is 0 Å². The molecule has 3 aromatic rings. The van der Waals surface area contributed by atoms with Crippen LogP contribution in [-0.4, -0.2) is 35.5 Å². The van der Waals surface area contributed by atoms with Gasteiger partial charge in [0.1, 0.15) is 5.01 Å². The summed E-state index contributed by atoms with van der Waals surface area (Å²) in [6.45, 7) is 5.75. The Hall–Kier alpha value is -2.12. The molecular weight excluding hydrogens is 464 g/mol. The van der Waals surface area contributed by atoms with E-state index in [4.69, 9.17) is 14.5 Å². The van der Waals surface area contributed by atoms with E-state index in [0.717, 1.165) is 39.9 Å². The van der Waals surface area contributed by atoms with Gasteiger partial charge >= 0.3 is 0 Å². The molecule has 30 heavy (non-hydrogen) atoms. The zero-order valence-corrected chi connectivity index (χ0v) is 19.6. The van der Waals surface area contributed by atoms with Crippen LogP contribution in [0.3, 0.4) is 0 Å². The van der Waals surface area contributed by atoms with Crippen LogP contribution in [0.1, 0.15) is 43.3 Å². The molecule has 7 heteroatoms. The first-order chi connectivity index (χ1) is 14.6. The van der Waals surface area contributed by atoms with Gasteiger partial charge in [-0.25, -0.2) is 4.98 Å². The zero-order chi connectivity index (χ0) is 21.1. The number of benzene rings is 2. The first kappa shape index (κ1) is 21.1. The van der Waals surface area contributed by atoms with Gasteiger partial charge in [0, 0.05) is 11.0 Å². The van der Waals surface area contributed by atoms with E-state index in [-0.39, 0.29) is 11.9 Å². The number of likely N-dealkylation sites (tertiary alicyclic amines) is 1. The number of carbonyl (C=O) groups excluding carboxylic acids is 1. The second-order valence-electron chi connectivity index (χ2n) is 7.20. The second-order valence-corrected chi connectivity index (χ2v) is 9.11. The van der Waals surface area contributed by atoms with Gasteiger partial charge in [-0.05, 0) is 56.5 Å². The molecule has 0 N–H and O–H groups in total. The maximum Gasteiger partial charge on any atom is 0.227 e. The van der Waals surface area contributed by atoms with Gasteiger partial charge in [0.15, 0.2) is 11.5 Å². The Labute approximate surface area is 189 Å². The van der Waals surface area contributed by atoms with Gasteiger partial charge in [0.05, 0.1) is 35.9 Å². The van der Waals surface area contributed by atoms with Crippen molar-refractivity contribution in [3.8, 4) is 11.5 Å². The lowest BCUT2D eigenvalue weighted by atomic mass is 10.1. The van der Waals surface area contributed by atoms with Gasteiger partial charge in [0.2, 0.25) is 5.91 Å². The number of ether oxygens (including phenoxy) is 2. The molecule has 1 saturated heterocycles. The summed E-state index contributed by atoms with van der Waals surface area (Å²) in [4.78, 5) is 20.0. The highest BCUT2D eigenvalue weighted by Crippen LogP contribution is 2.38. The molecule has 1 aliphatic heterocycles. The highest BCUT2D eigenvalue weighted by atomic mass is 79.9. The molecule has 2 aromatic carbocycles. The lowest BCUT2D eigenvalue weighted by Crippen LogP contribution is -2.31. The van der Waals surface area contributed by atoms with Crippen molar-refractivity contribution in [2.45, 2.75) is 39.2 Å². The van der Waals surface area contributed by atoms with Gasteiger partial charge in [-0.2, -0.15) is 0 Å². The molecule has 0 bridgehead atoms. The van der Waals surface area contributed by atoms with Crippen LogP contribution in [-0.2, 0) is 11.2 Å². The highest BCUT2D eigenvalue weighted by Gasteiger charge is 2.32. The van der Waals surface area contributed by atoms with Crippen molar-refractivity contribution in [3.05, 3.63) is 51.4 Å². The SMILES string of the molecule is CCOc1cc(Br)c(CC(=O)N2CCCC2c2nc3ccccc3s2)cc1OCC. The molecule has 1 unspecified atom stereocenters. The molecule has 0 aliphatic carbocycles. The van der Waals surface area contributed by atoms with Crippen molar-refractivity contribution < 1.29 is 14.3 Å². The quantitative estimate of drug-likeness (QED) is 0.423. The van der Waals surface area contributed by atoms with E-state index >= 15 is 0 Å². The molecule has 1 aliphatic rings.